The molecule has 48 heavy (non-hydrogen) atoms. The van der Waals surface area contributed by atoms with Crippen LogP contribution in [-0.2, 0) is 0 Å². The molecule has 7 aromatic carbocycles. The first-order valence-corrected chi connectivity index (χ1v) is 16.0. The van der Waals surface area contributed by atoms with E-state index in [0.717, 1.165) is 76.8 Å². The summed E-state index contributed by atoms with van der Waals surface area (Å²) in [7, 11) is 0. The minimum absolute atomic E-state index is 0.552. The van der Waals surface area contributed by atoms with Gasteiger partial charge < -0.3 is 4.42 Å². The third kappa shape index (κ3) is 4.08. The normalized spacial score (nSPS) is 11.8. The summed E-state index contributed by atoms with van der Waals surface area (Å²) in [4.78, 5) is 15.2. The molecule has 0 unspecified atom stereocenters. The van der Waals surface area contributed by atoms with Crippen LogP contribution in [0.25, 0.3) is 94.4 Å². The molecule has 0 amide bonds. The summed E-state index contributed by atoms with van der Waals surface area (Å²) >= 11 is 0. The van der Waals surface area contributed by atoms with Gasteiger partial charge in [-0.1, -0.05) is 127 Å². The van der Waals surface area contributed by atoms with Gasteiger partial charge >= 0.3 is 0 Å². The van der Waals surface area contributed by atoms with E-state index in [9.17, 15) is 0 Å². The first kappa shape index (κ1) is 26.6. The average Bonchev–Trinajstić information content (AvgIpc) is 3.71. The lowest BCUT2D eigenvalue weighted by molar-refractivity contribution is 0.676. The van der Waals surface area contributed by atoms with Crippen molar-refractivity contribution in [3.05, 3.63) is 158 Å². The molecule has 3 aromatic heterocycles. The standard InChI is InChI=1S/C43H26N4O/c1-4-12-27(13-5-1)31-21-24-36-35(26-31)38-37(25-23-34-33-22-20-28-14-10-11-19-32(28)39(33)48-40(34)38)47(36)43-45-41(29-15-6-2-7-16-29)44-42(46-43)30-17-8-3-9-18-30/h1-26H. The Hall–Kier alpha value is -6.59. The number of benzene rings is 7. The Bertz CT molecular complexity index is 2760. The van der Waals surface area contributed by atoms with Gasteiger partial charge in [0.05, 0.1) is 16.4 Å². The van der Waals surface area contributed by atoms with Crippen molar-refractivity contribution in [3.8, 4) is 39.9 Å². The van der Waals surface area contributed by atoms with Crippen molar-refractivity contribution in [2.24, 2.45) is 0 Å². The molecule has 0 fully saturated rings. The minimum Gasteiger partial charge on any atom is -0.455 e. The van der Waals surface area contributed by atoms with Gasteiger partial charge in [0.15, 0.2) is 11.6 Å². The topological polar surface area (TPSA) is 56.7 Å². The molecule has 5 nitrogen and oxygen atoms in total. The van der Waals surface area contributed by atoms with E-state index in [4.69, 9.17) is 19.4 Å². The largest absolute Gasteiger partial charge is 0.455 e. The molecule has 224 valence electrons. The molecule has 0 N–H and O–H groups in total. The zero-order chi connectivity index (χ0) is 31.6. The van der Waals surface area contributed by atoms with E-state index in [2.05, 4.69) is 95.6 Å². The van der Waals surface area contributed by atoms with Gasteiger partial charge in [0.1, 0.15) is 11.2 Å². The lowest BCUT2D eigenvalue weighted by Crippen LogP contribution is -2.06. The van der Waals surface area contributed by atoms with Crippen LogP contribution in [-0.4, -0.2) is 19.5 Å². The quantitative estimate of drug-likeness (QED) is 0.198. The van der Waals surface area contributed by atoms with Crippen LogP contribution in [0, 0.1) is 0 Å². The highest BCUT2D eigenvalue weighted by atomic mass is 16.3. The zero-order valence-corrected chi connectivity index (χ0v) is 25.7. The van der Waals surface area contributed by atoms with Gasteiger partial charge in [-0.2, -0.15) is 9.97 Å². The molecule has 10 rings (SSSR count). The molecular formula is C43H26N4O. The van der Waals surface area contributed by atoms with E-state index in [1.807, 2.05) is 66.7 Å². The Kier molecular flexibility index (Phi) is 5.81. The maximum absolute atomic E-state index is 6.90. The van der Waals surface area contributed by atoms with Crippen LogP contribution in [0.2, 0.25) is 0 Å². The Labute approximate surface area is 275 Å². The van der Waals surface area contributed by atoms with Crippen LogP contribution in [0.4, 0.5) is 0 Å². The molecule has 0 radical (unpaired) electrons. The lowest BCUT2D eigenvalue weighted by atomic mass is 10.0. The summed E-state index contributed by atoms with van der Waals surface area (Å²) in [5.74, 6) is 1.79. The van der Waals surface area contributed by atoms with E-state index < -0.39 is 0 Å². The Morgan fingerprint density at radius 2 is 0.979 bits per heavy atom. The van der Waals surface area contributed by atoms with Crippen LogP contribution in [0.3, 0.4) is 0 Å². The Morgan fingerprint density at radius 1 is 0.396 bits per heavy atom. The summed E-state index contributed by atoms with van der Waals surface area (Å²) in [6.07, 6.45) is 0. The van der Waals surface area contributed by atoms with Gasteiger partial charge in [-0.05, 0) is 46.8 Å². The first-order chi connectivity index (χ1) is 23.8. The Morgan fingerprint density at radius 3 is 1.69 bits per heavy atom. The summed E-state index contributed by atoms with van der Waals surface area (Å²) in [6.45, 7) is 0. The van der Waals surface area contributed by atoms with Crippen molar-refractivity contribution in [1.82, 2.24) is 19.5 Å². The van der Waals surface area contributed by atoms with Crippen molar-refractivity contribution < 1.29 is 4.42 Å². The highest BCUT2D eigenvalue weighted by Gasteiger charge is 2.22. The highest BCUT2D eigenvalue weighted by molar-refractivity contribution is 6.26. The van der Waals surface area contributed by atoms with Gasteiger partial charge in [0.2, 0.25) is 5.95 Å². The number of aromatic nitrogens is 4. The van der Waals surface area contributed by atoms with Gasteiger partial charge in [-0.25, -0.2) is 4.98 Å². The highest BCUT2D eigenvalue weighted by Crippen LogP contribution is 2.43. The van der Waals surface area contributed by atoms with Gasteiger partial charge in [0.25, 0.3) is 0 Å². The molecule has 0 bridgehead atoms. The van der Waals surface area contributed by atoms with Crippen molar-refractivity contribution in [3.63, 3.8) is 0 Å². The second-order valence-corrected chi connectivity index (χ2v) is 12.0. The number of hydrogen-bond acceptors (Lipinski definition) is 4. The lowest BCUT2D eigenvalue weighted by Gasteiger charge is -2.11. The van der Waals surface area contributed by atoms with E-state index in [1.165, 1.54) is 0 Å². The van der Waals surface area contributed by atoms with Crippen molar-refractivity contribution in [2.75, 3.05) is 0 Å². The zero-order valence-electron chi connectivity index (χ0n) is 25.7. The van der Waals surface area contributed by atoms with Crippen LogP contribution in [0.15, 0.2) is 162 Å². The number of rotatable bonds is 4. The molecule has 0 spiro atoms. The van der Waals surface area contributed by atoms with Gasteiger partial charge in [-0.15, -0.1) is 0 Å². The van der Waals surface area contributed by atoms with Crippen LogP contribution >= 0.6 is 0 Å². The fraction of sp³-hybridized carbons (Fsp3) is 0. The molecule has 0 atom stereocenters. The third-order valence-corrected chi connectivity index (χ3v) is 9.25. The fourth-order valence-electron chi connectivity index (χ4n) is 6.99. The fourth-order valence-corrected chi connectivity index (χ4v) is 6.99. The second-order valence-electron chi connectivity index (χ2n) is 12.0. The van der Waals surface area contributed by atoms with Gasteiger partial charge in [-0.3, -0.25) is 4.57 Å². The van der Waals surface area contributed by atoms with Crippen molar-refractivity contribution in [2.45, 2.75) is 0 Å². The summed E-state index contributed by atoms with van der Waals surface area (Å²) in [6, 6.07) is 54.4. The third-order valence-electron chi connectivity index (χ3n) is 9.25. The average molecular weight is 615 g/mol. The van der Waals surface area contributed by atoms with Crippen molar-refractivity contribution >= 4 is 54.5 Å². The predicted octanol–water partition coefficient (Wildman–Crippen LogP) is 11.0. The molecule has 0 aliphatic heterocycles. The number of nitrogens with zero attached hydrogens (tertiary/aromatic N) is 4. The molecule has 0 saturated carbocycles. The molecule has 0 aliphatic rings. The Balaban J connectivity index is 1.33. The van der Waals surface area contributed by atoms with E-state index in [1.54, 1.807) is 0 Å². The van der Waals surface area contributed by atoms with Crippen LogP contribution in [0.1, 0.15) is 0 Å². The molecule has 3 heterocycles. The maximum atomic E-state index is 6.90. The molecule has 5 heteroatoms. The van der Waals surface area contributed by atoms with Crippen LogP contribution in [0.5, 0.6) is 0 Å². The second kappa shape index (κ2) is 10.5. The molecule has 0 aliphatic carbocycles. The molecular weight excluding hydrogens is 589 g/mol. The van der Waals surface area contributed by atoms with Gasteiger partial charge in [0, 0.05) is 32.7 Å². The molecule has 0 saturated heterocycles. The smallest absolute Gasteiger partial charge is 0.238 e. The van der Waals surface area contributed by atoms with Crippen LogP contribution < -0.4 is 0 Å². The maximum Gasteiger partial charge on any atom is 0.238 e. The molecule has 10 aromatic rings. The summed E-state index contributed by atoms with van der Waals surface area (Å²) < 4.78 is 9.06. The number of furan rings is 1. The number of fused-ring (bicyclic) bond motifs is 9. The number of hydrogen-bond donors (Lipinski definition) is 0. The predicted molar refractivity (Wildman–Crippen MR) is 195 cm³/mol. The SMILES string of the molecule is c1ccc(-c2ccc3c(c2)c2c4oc5c6ccccc6ccc5c4ccc2n3-c2nc(-c3ccccc3)nc(-c3ccccc3)n2)cc1. The van der Waals surface area contributed by atoms with E-state index in [-0.39, 0.29) is 0 Å². The summed E-state index contributed by atoms with van der Waals surface area (Å²) in [5.41, 5.74) is 7.85. The minimum atomic E-state index is 0.552. The first-order valence-electron chi connectivity index (χ1n) is 16.0. The summed E-state index contributed by atoms with van der Waals surface area (Å²) in [5, 5.41) is 6.54. The van der Waals surface area contributed by atoms with E-state index in [0.29, 0.717) is 17.6 Å². The monoisotopic (exact) mass is 614 g/mol. The van der Waals surface area contributed by atoms with E-state index >= 15 is 0 Å². The van der Waals surface area contributed by atoms with Crippen molar-refractivity contribution in [1.29, 1.82) is 0 Å².